The summed E-state index contributed by atoms with van der Waals surface area (Å²) in [5.41, 5.74) is 3.19. The van der Waals surface area contributed by atoms with Crippen molar-refractivity contribution in [2.75, 3.05) is 40.8 Å². The van der Waals surface area contributed by atoms with Crippen LogP contribution >= 0.6 is 0 Å². The third-order valence-corrected chi connectivity index (χ3v) is 5.47. The Morgan fingerprint density at radius 2 is 1.65 bits per heavy atom. The molecule has 34 heavy (non-hydrogen) atoms. The van der Waals surface area contributed by atoms with Crippen molar-refractivity contribution < 1.29 is 19.5 Å². The molecule has 0 aliphatic heterocycles. The number of nitrogens with zero attached hydrogens (tertiary/aromatic N) is 2. The molecule has 0 radical (unpaired) electrons. The second-order valence-corrected chi connectivity index (χ2v) is 8.38. The van der Waals surface area contributed by atoms with E-state index in [4.69, 9.17) is 9.94 Å². The van der Waals surface area contributed by atoms with Crippen molar-refractivity contribution >= 4 is 28.7 Å². The molecule has 0 saturated carbocycles. The van der Waals surface area contributed by atoms with Gasteiger partial charge in [0, 0.05) is 24.5 Å². The number of hydroxylamine groups is 1. The van der Waals surface area contributed by atoms with Crippen LogP contribution in [0.2, 0.25) is 0 Å². The molecule has 0 aliphatic carbocycles. The first kappa shape index (κ1) is 25.0. The van der Waals surface area contributed by atoms with Crippen LogP contribution in [0.4, 0.5) is 0 Å². The number of hydrogen-bond acceptors (Lipinski definition) is 5. The summed E-state index contributed by atoms with van der Waals surface area (Å²) in [6, 6.07) is 20.4. The van der Waals surface area contributed by atoms with Gasteiger partial charge in [-0.05, 0) is 62.3 Å². The van der Waals surface area contributed by atoms with Crippen LogP contribution in [0.15, 0.2) is 72.3 Å². The zero-order valence-corrected chi connectivity index (χ0v) is 19.8. The standard InChI is InChI=1S/C27H31N3O4/c1-29(2)16-7-17-30(3)27(32)23(18-20-12-14-22(15-13-20)26(31)28-33)19-34-25-11-6-9-21-8-4-5-10-24(21)25/h4-6,8-15,18,33H,7,16-17,19H2,1-3H3,(H,28,31)/b23-18+. The van der Waals surface area contributed by atoms with Crippen molar-refractivity contribution in [3.05, 3.63) is 83.4 Å². The average molecular weight is 462 g/mol. The van der Waals surface area contributed by atoms with Gasteiger partial charge in [-0.1, -0.05) is 48.5 Å². The molecule has 0 bridgehead atoms. The minimum absolute atomic E-state index is 0.101. The fourth-order valence-electron chi connectivity index (χ4n) is 3.61. The highest BCUT2D eigenvalue weighted by Gasteiger charge is 2.17. The fourth-order valence-corrected chi connectivity index (χ4v) is 3.61. The third kappa shape index (κ3) is 6.66. The molecule has 0 saturated heterocycles. The lowest BCUT2D eigenvalue weighted by Gasteiger charge is -2.21. The maximum absolute atomic E-state index is 13.3. The SMILES string of the molecule is CN(C)CCCN(C)C(=O)/C(=C/c1ccc(C(=O)NO)cc1)COc1cccc2ccccc12. The molecule has 2 amide bonds. The topological polar surface area (TPSA) is 82.1 Å². The molecule has 0 aromatic heterocycles. The molecule has 3 aromatic rings. The lowest BCUT2D eigenvalue weighted by atomic mass is 10.1. The van der Waals surface area contributed by atoms with Gasteiger partial charge >= 0.3 is 0 Å². The van der Waals surface area contributed by atoms with Gasteiger partial charge in [0.2, 0.25) is 0 Å². The predicted molar refractivity (Wildman–Crippen MR) is 134 cm³/mol. The van der Waals surface area contributed by atoms with Crippen LogP contribution in [0.5, 0.6) is 5.75 Å². The molecule has 0 atom stereocenters. The van der Waals surface area contributed by atoms with E-state index in [1.165, 1.54) is 0 Å². The van der Waals surface area contributed by atoms with Gasteiger partial charge in [0.15, 0.2) is 0 Å². The Morgan fingerprint density at radius 3 is 2.35 bits per heavy atom. The maximum atomic E-state index is 13.3. The number of carbonyl (C=O) groups is 2. The number of ether oxygens (including phenoxy) is 1. The minimum Gasteiger partial charge on any atom is -0.488 e. The van der Waals surface area contributed by atoms with E-state index in [9.17, 15) is 9.59 Å². The van der Waals surface area contributed by atoms with Crippen molar-refractivity contribution in [2.45, 2.75) is 6.42 Å². The van der Waals surface area contributed by atoms with Crippen molar-refractivity contribution in [1.29, 1.82) is 0 Å². The zero-order valence-electron chi connectivity index (χ0n) is 19.8. The van der Waals surface area contributed by atoms with Crippen LogP contribution in [0.25, 0.3) is 16.8 Å². The summed E-state index contributed by atoms with van der Waals surface area (Å²) in [7, 11) is 5.80. The van der Waals surface area contributed by atoms with Crippen LogP contribution in [0.1, 0.15) is 22.3 Å². The molecule has 7 heteroatoms. The molecule has 178 valence electrons. The normalized spacial score (nSPS) is 11.5. The highest BCUT2D eigenvalue weighted by atomic mass is 16.5. The quantitative estimate of drug-likeness (QED) is 0.272. The molecule has 0 fully saturated rings. The van der Waals surface area contributed by atoms with Gasteiger partial charge < -0.3 is 14.5 Å². The van der Waals surface area contributed by atoms with Gasteiger partial charge in [-0.2, -0.15) is 0 Å². The lowest BCUT2D eigenvalue weighted by molar-refractivity contribution is -0.126. The number of rotatable bonds is 10. The highest BCUT2D eigenvalue weighted by molar-refractivity contribution is 5.98. The summed E-state index contributed by atoms with van der Waals surface area (Å²) in [6.45, 7) is 1.61. The Kier molecular flexibility index (Phi) is 8.79. The molecule has 0 unspecified atom stereocenters. The predicted octanol–water partition coefficient (Wildman–Crippen LogP) is 3.83. The van der Waals surface area contributed by atoms with Crippen LogP contribution < -0.4 is 10.2 Å². The van der Waals surface area contributed by atoms with Gasteiger partial charge in [0.25, 0.3) is 11.8 Å². The van der Waals surface area contributed by atoms with Crippen molar-refractivity contribution in [2.24, 2.45) is 0 Å². The Balaban J connectivity index is 1.84. The number of fused-ring (bicyclic) bond motifs is 1. The van der Waals surface area contributed by atoms with Crippen molar-refractivity contribution in [3.8, 4) is 5.75 Å². The fraction of sp³-hybridized carbons (Fsp3) is 0.259. The van der Waals surface area contributed by atoms with E-state index in [0.29, 0.717) is 23.4 Å². The van der Waals surface area contributed by atoms with Crippen molar-refractivity contribution in [3.63, 3.8) is 0 Å². The monoisotopic (exact) mass is 461 g/mol. The second-order valence-electron chi connectivity index (χ2n) is 8.38. The van der Waals surface area contributed by atoms with Gasteiger partial charge in [-0.3, -0.25) is 14.8 Å². The Labute approximate surface area is 200 Å². The van der Waals surface area contributed by atoms with E-state index in [1.807, 2.05) is 56.6 Å². The Bertz CT molecular complexity index is 1150. The first-order valence-electron chi connectivity index (χ1n) is 11.1. The van der Waals surface area contributed by atoms with E-state index in [2.05, 4.69) is 4.90 Å². The Hall–Kier alpha value is -3.68. The van der Waals surface area contributed by atoms with Gasteiger partial charge in [-0.15, -0.1) is 0 Å². The van der Waals surface area contributed by atoms with Crippen molar-refractivity contribution in [1.82, 2.24) is 15.3 Å². The Morgan fingerprint density at radius 1 is 0.941 bits per heavy atom. The van der Waals surface area contributed by atoms with Gasteiger partial charge in [0.1, 0.15) is 12.4 Å². The smallest absolute Gasteiger partial charge is 0.274 e. The van der Waals surface area contributed by atoms with E-state index >= 15 is 0 Å². The highest BCUT2D eigenvalue weighted by Crippen LogP contribution is 2.26. The molecule has 0 aliphatic rings. The summed E-state index contributed by atoms with van der Waals surface area (Å²) in [6.07, 6.45) is 2.63. The molecule has 3 rings (SSSR count). The number of hydrogen-bond donors (Lipinski definition) is 2. The lowest BCUT2D eigenvalue weighted by Crippen LogP contribution is -2.32. The van der Waals surface area contributed by atoms with Crippen LogP contribution in [-0.4, -0.2) is 67.7 Å². The third-order valence-electron chi connectivity index (χ3n) is 5.47. The zero-order chi connectivity index (χ0) is 24.5. The van der Waals surface area contributed by atoms with Crippen LogP contribution in [0, 0.1) is 0 Å². The van der Waals surface area contributed by atoms with Crippen LogP contribution in [-0.2, 0) is 4.79 Å². The largest absolute Gasteiger partial charge is 0.488 e. The summed E-state index contributed by atoms with van der Waals surface area (Å²) in [5.74, 6) is 0.00457. The summed E-state index contributed by atoms with van der Waals surface area (Å²) in [4.78, 5) is 28.7. The molecular formula is C27H31N3O4. The molecular weight excluding hydrogens is 430 g/mol. The molecule has 3 aromatic carbocycles. The number of benzene rings is 3. The number of nitrogens with one attached hydrogen (secondary N) is 1. The summed E-state index contributed by atoms with van der Waals surface area (Å²) < 4.78 is 6.13. The van der Waals surface area contributed by atoms with E-state index in [-0.39, 0.29) is 12.5 Å². The first-order chi connectivity index (χ1) is 16.4. The second kappa shape index (κ2) is 12.0. The van der Waals surface area contributed by atoms with E-state index in [0.717, 1.165) is 29.3 Å². The maximum Gasteiger partial charge on any atom is 0.274 e. The van der Waals surface area contributed by atoms with Gasteiger partial charge in [0.05, 0.1) is 5.57 Å². The molecule has 7 nitrogen and oxygen atoms in total. The first-order valence-corrected chi connectivity index (χ1v) is 11.1. The number of amides is 2. The van der Waals surface area contributed by atoms with Gasteiger partial charge in [-0.25, -0.2) is 5.48 Å². The molecule has 0 spiro atoms. The van der Waals surface area contributed by atoms with E-state index < -0.39 is 5.91 Å². The number of likely N-dealkylation sites (N-methyl/N-ethyl adjacent to an activating group) is 1. The minimum atomic E-state index is -0.591. The van der Waals surface area contributed by atoms with Crippen LogP contribution in [0.3, 0.4) is 0 Å². The summed E-state index contributed by atoms with van der Waals surface area (Å²) in [5, 5.41) is 10.9. The molecule has 0 heterocycles. The molecule has 2 N–H and O–H groups in total. The van der Waals surface area contributed by atoms with E-state index in [1.54, 1.807) is 47.8 Å². The summed E-state index contributed by atoms with van der Waals surface area (Å²) >= 11 is 0. The average Bonchev–Trinajstić information content (AvgIpc) is 2.85. The number of carbonyl (C=O) groups excluding carboxylic acids is 2.